The van der Waals surface area contributed by atoms with Gasteiger partial charge in [-0.3, -0.25) is 4.79 Å². The molecule has 0 saturated heterocycles. The van der Waals surface area contributed by atoms with Gasteiger partial charge in [-0.1, -0.05) is 12.1 Å². The van der Waals surface area contributed by atoms with Crippen molar-refractivity contribution in [2.24, 2.45) is 0 Å². The smallest absolute Gasteiger partial charge is 0.313 e. The van der Waals surface area contributed by atoms with Gasteiger partial charge in [0.25, 0.3) is 0 Å². The number of carboxylic acid groups (broad SMARTS) is 1. The first kappa shape index (κ1) is 10.7. The van der Waals surface area contributed by atoms with Crippen LogP contribution in [0.2, 0.25) is 0 Å². The van der Waals surface area contributed by atoms with E-state index in [1.807, 2.05) is 0 Å². The third-order valence-corrected chi connectivity index (χ3v) is 2.76. The highest BCUT2D eigenvalue weighted by molar-refractivity contribution is 5.90. The number of furan rings is 1. The van der Waals surface area contributed by atoms with E-state index in [4.69, 9.17) is 9.52 Å². The predicted molar refractivity (Wildman–Crippen MR) is 56.8 cm³/mol. The molecule has 3 nitrogen and oxygen atoms in total. The third-order valence-electron chi connectivity index (χ3n) is 2.76. The van der Waals surface area contributed by atoms with Crippen molar-refractivity contribution in [1.29, 1.82) is 0 Å². The molecular formula is C12H11FO3. The van der Waals surface area contributed by atoms with Crippen molar-refractivity contribution >= 4 is 16.9 Å². The molecule has 0 radical (unpaired) electrons. The zero-order valence-electron chi connectivity index (χ0n) is 8.95. The first-order valence-corrected chi connectivity index (χ1v) is 4.84. The lowest BCUT2D eigenvalue weighted by Gasteiger charge is -2.17. The summed E-state index contributed by atoms with van der Waals surface area (Å²) in [5, 5.41) is 9.61. The maximum absolute atomic E-state index is 13.3. The Kier molecular flexibility index (Phi) is 2.22. The van der Waals surface area contributed by atoms with E-state index in [9.17, 15) is 9.18 Å². The molecule has 16 heavy (non-hydrogen) atoms. The molecule has 0 amide bonds. The van der Waals surface area contributed by atoms with Gasteiger partial charge in [0, 0.05) is 10.9 Å². The lowest BCUT2D eigenvalue weighted by molar-refractivity contribution is -0.142. The van der Waals surface area contributed by atoms with E-state index in [2.05, 4.69) is 0 Å². The molecule has 0 aliphatic heterocycles. The van der Waals surface area contributed by atoms with Gasteiger partial charge in [-0.05, 0) is 19.9 Å². The number of carboxylic acids is 1. The summed E-state index contributed by atoms with van der Waals surface area (Å²) in [4.78, 5) is 11.1. The molecular weight excluding hydrogens is 211 g/mol. The van der Waals surface area contributed by atoms with Crippen LogP contribution in [0.1, 0.15) is 19.4 Å². The largest absolute Gasteiger partial charge is 0.481 e. The molecule has 1 aromatic heterocycles. The van der Waals surface area contributed by atoms with Gasteiger partial charge in [0.2, 0.25) is 0 Å². The van der Waals surface area contributed by atoms with Crippen molar-refractivity contribution in [2.45, 2.75) is 19.3 Å². The Morgan fingerprint density at radius 2 is 2.12 bits per heavy atom. The maximum Gasteiger partial charge on any atom is 0.313 e. The zero-order chi connectivity index (χ0) is 11.9. The van der Waals surface area contributed by atoms with Gasteiger partial charge in [0.15, 0.2) is 11.4 Å². The molecule has 0 spiro atoms. The summed E-state index contributed by atoms with van der Waals surface area (Å²) in [6.45, 7) is 3.12. The van der Waals surface area contributed by atoms with Gasteiger partial charge < -0.3 is 9.52 Å². The molecule has 1 aromatic carbocycles. The van der Waals surface area contributed by atoms with E-state index in [1.54, 1.807) is 19.9 Å². The van der Waals surface area contributed by atoms with Crippen molar-refractivity contribution in [3.8, 4) is 0 Å². The van der Waals surface area contributed by atoms with Gasteiger partial charge in [-0.2, -0.15) is 0 Å². The molecule has 0 unspecified atom stereocenters. The van der Waals surface area contributed by atoms with Crippen LogP contribution in [-0.2, 0) is 10.2 Å². The molecule has 1 heterocycles. The van der Waals surface area contributed by atoms with Crippen LogP contribution in [0.5, 0.6) is 0 Å². The van der Waals surface area contributed by atoms with Gasteiger partial charge in [-0.25, -0.2) is 4.39 Å². The summed E-state index contributed by atoms with van der Waals surface area (Å²) >= 11 is 0. The molecule has 0 saturated carbocycles. The van der Waals surface area contributed by atoms with Crippen molar-refractivity contribution in [3.63, 3.8) is 0 Å². The van der Waals surface area contributed by atoms with E-state index in [0.717, 1.165) is 0 Å². The monoisotopic (exact) mass is 222 g/mol. The van der Waals surface area contributed by atoms with Gasteiger partial charge in [0.1, 0.15) is 0 Å². The Labute approximate surface area is 91.5 Å². The first-order chi connectivity index (χ1) is 7.44. The average Bonchev–Trinajstić information content (AvgIpc) is 2.63. The van der Waals surface area contributed by atoms with Gasteiger partial charge >= 0.3 is 5.97 Å². The number of hydrogen-bond donors (Lipinski definition) is 1. The van der Waals surface area contributed by atoms with Crippen LogP contribution >= 0.6 is 0 Å². The fourth-order valence-corrected chi connectivity index (χ4v) is 1.62. The summed E-state index contributed by atoms with van der Waals surface area (Å²) < 4.78 is 18.4. The minimum absolute atomic E-state index is 0.104. The zero-order valence-corrected chi connectivity index (χ0v) is 8.95. The summed E-state index contributed by atoms with van der Waals surface area (Å²) in [6, 6.07) is 4.47. The van der Waals surface area contributed by atoms with E-state index in [1.165, 1.54) is 18.4 Å². The number of halogens is 1. The fourth-order valence-electron chi connectivity index (χ4n) is 1.62. The Balaban J connectivity index is 2.72. The topological polar surface area (TPSA) is 50.4 Å². The molecule has 0 aliphatic carbocycles. The van der Waals surface area contributed by atoms with E-state index in [0.29, 0.717) is 10.9 Å². The highest BCUT2D eigenvalue weighted by Gasteiger charge is 2.33. The molecule has 0 fully saturated rings. The van der Waals surface area contributed by atoms with Crippen molar-refractivity contribution < 1.29 is 18.7 Å². The minimum atomic E-state index is -1.10. The van der Waals surface area contributed by atoms with E-state index >= 15 is 0 Å². The summed E-state index contributed by atoms with van der Waals surface area (Å²) in [7, 11) is 0. The minimum Gasteiger partial charge on any atom is -0.481 e. The van der Waals surface area contributed by atoms with Crippen LogP contribution < -0.4 is 0 Å². The highest BCUT2D eigenvalue weighted by atomic mass is 19.1. The van der Waals surface area contributed by atoms with Crippen LogP contribution in [0.3, 0.4) is 0 Å². The van der Waals surface area contributed by atoms with Crippen LogP contribution in [0, 0.1) is 5.82 Å². The molecule has 0 atom stereocenters. The van der Waals surface area contributed by atoms with Gasteiger partial charge in [-0.15, -0.1) is 0 Å². The van der Waals surface area contributed by atoms with Gasteiger partial charge in [0.05, 0.1) is 11.7 Å². The number of fused-ring (bicyclic) bond motifs is 1. The summed E-state index contributed by atoms with van der Waals surface area (Å²) in [5.41, 5.74) is -0.514. The maximum atomic E-state index is 13.3. The lowest BCUT2D eigenvalue weighted by Crippen LogP contribution is -2.28. The third kappa shape index (κ3) is 1.38. The van der Waals surface area contributed by atoms with Crippen molar-refractivity contribution in [2.75, 3.05) is 0 Å². The summed E-state index contributed by atoms with van der Waals surface area (Å²) in [6.07, 6.45) is 1.31. The molecule has 0 bridgehead atoms. The Bertz CT molecular complexity index is 554. The van der Waals surface area contributed by atoms with Crippen LogP contribution in [-0.4, -0.2) is 11.1 Å². The molecule has 84 valence electrons. The molecule has 4 heteroatoms. The van der Waals surface area contributed by atoms with E-state index in [-0.39, 0.29) is 5.58 Å². The number of carbonyl (C=O) groups is 1. The standard InChI is InChI=1S/C12H11FO3/c1-12(2,11(14)15)8-6-16-10-7(8)4-3-5-9(10)13/h3-6H,1-2H3,(H,14,15). The first-order valence-electron chi connectivity index (χ1n) is 4.84. The Morgan fingerprint density at radius 1 is 1.44 bits per heavy atom. The second-order valence-corrected chi connectivity index (χ2v) is 4.20. The lowest BCUT2D eigenvalue weighted by atomic mass is 9.85. The normalized spacial score (nSPS) is 11.9. The Morgan fingerprint density at radius 3 is 2.75 bits per heavy atom. The molecule has 0 aliphatic rings. The fraction of sp³-hybridized carbons (Fsp3) is 0.250. The number of aliphatic carboxylic acids is 1. The molecule has 1 N–H and O–H groups in total. The molecule has 2 aromatic rings. The number of para-hydroxylation sites is 1. The van der Waals surface area contributed by atoms with Crippen molar-refractivity contribution in [3.05, 3.63) is 35.8 Å². The quantitative estimate of drug-likeness (QED) is 0.849. The summed E-state index contributed by atoms with van der Waals surface area (Å²) in [5.74, 6) is -1.45. The van der Waals surface area contributed by atoms with Crippen LogP contribution in [0.4, 0.5) is 4.39 Å². The van der Waals surface area contributed by atoms with Crippen LogP contribution in [0.25, 0.3) is 11.0 Å². The molecule has 2 rings (SSSR count). The Hall–Kier alpha value is -1.84. The number of hydrogen-bond acceptors (Lipinski definition) is 2. The second kappa shape index (κ2) is 3.33. The highest BCUT2D eigenvalue weighted by Crippen LogP contribution is 2.33. The van der Waals surface area contributed by atoms with Crippen LogP contribution in [0.15, 0.2) is 28.9 Å². The SMILES string of the molecule is CC(C)(C(=O)O)c1coc2c(F)cccc12. The second-order valence-electron chi connectivity index (χ2n) is 4.20. The van der Waals surface area contributed by atoms with E-state index < -0.39 is 17.2 Å². The predicted octanol–water partition coefficient (Wildman–Crippen LogP) is 2.93. The average molecular weight is 222 g/mol. The number of benzene rings is 1. The van der Waals surface area contributed by atoms with Crippen molar-refractivity contribution in [1.82, 2.24) is 0 Å². The number of rotatable bonds is 2.